The monoisotopic (exact) mass is 470 g/mol. The molecule has 1 aliphatic heterocycles. The summed E-state index contributed by atoms with van der Waals surface area (Å²) in [6, 6.07) is 14.4. The van der Waals surface area contributed by atoms with Crippen LogP contribution >= 0.6 is 0 Å². The first kappa shape index (κ1) is 23.0. The third kappa shape index (κ3) is 4.37. The molecule has 1 unspecified atom stereocenters. The zero-order valence-corrected chi connectivity index (χ0v) is 19.2. The molecule has 0 spiro atoms. The van der Waals surface area contributed by atoms with Gasteiger partial charge in [-0.05, 0) is 42.7 Å². The molecule has 174 valence electrons. The van der Waals surface area contributed by atoms with Crippen LogP contribution < -0.4 is 5.32 Å². The van der Waals surface area contributed by atoms with Crippen molar-refractivity contribution in [2.45, 2.75) is 44.2 Å². The van der Waals surface area contributed by atoms with Gasteiger partial charge in [0.25, 0.3) is 10.0 Å². The van der Waals surface area contributed by atoms with Gasteiger partial charge in [-0.15, -0.1) is 0 Å². The number of carbonyl (C=O) groups excluding carboxylic acids is 3. The van der Waals surface area contributed by atoms with E-state index in [1.54, 1.807) is 6.92 Å². The lowest BCUT2D eigenvalue weighted by Crippen LogP contribution is -2.39. The third-order valence-electron chi connectivity index (χ3n) is 6.43. The summed E-state index contributed by atoms with van der Waals surface area (Å²) in [4.78, 5) is 37.0. The van der Waals surface area contributed by atoms with Gasteiger partial charge in [-0.1, -0.05) is 37.3 Å². The number of nitrogens with zero attached hydrogens (tertiary/aromatic N) is 1. The van der Waals surface area contributed by atoms with E-state index in [4.69, 9.17) is 4.74 Å². The van der Waals surface area contributed by atoms with Crippen molar-refractivity contribution in [2.24, 2.45) is 17.8 Å². The highest BCUT2D eigenvalue weighted by molar-refractivity contribution is 7.89. The Morgan fingerprint density at radius 2 is 1.73 bits per heavy atom. The maximum atomic E-state index is 13.4. The topological polar surface area (TPSA) is 110 Å². The number of anilines is 1. The van der Waals surface area contributed by atoms with Crippen molar-refractivity contribution in [3.8, 4) is 0 Å². The molecule has 9 heteroatoms. The average molecular weight is 471 g/mol. The number of amides is 2. The summed E-state index contributed by atoms with van der Waals surface area (Å²) in [5, 5.41) is 2.58. The van der Waals surface area contributed by atoms with Gasteiger partial charge in [-0.2, -0.15) is 0 Å². The van der Waals surface area contributed by atoms with E-state index < -0.39 is 45.7 Å². The Labute approximate surface area is 193 Å². The van der Waals surface area contributed by atoms with Gasteiger partial charge in [0, 0.05) is 24.4 Å². The van der Waals surface area contributed by atoms with Crippen LogP contribution in [0.1, 0.15) is 32.3 Å². The van der Waals surface area contributed by atoms with Crippen LogP contribution in [0.15, 0.2) is 59.5 Å². The predicted molar refractivity (Wildman–Crippen MR) is 120 cm³/mol. The lowest BCUT2D eigenvalue weighted by molar-refractivity contribution is -0.151. The Kier molecular flexibility index (Phi) is 6.25. The lowest BCUT2D eigenvalue weighted by Gasteiger charge is -2.24. The van der Waals surface area contributed by atoms with E-state index in [0.29, 0.717) is 18.5 Å². The van der Waals surface area contributed by atoms with Crippen LogP contribution in [0.25, 0.3) is 0 Å². The van der Waals surface area contributed by atoms with Crippen LogP contribution in [0, 0.1) is 17.8 Å². The van der Waals surface area contributed by atoms with Gasteiger partial charge in [-0.25, -0.2) is 12.7 Å². The van der Waals surface area contributed by atoms with Crippen molar-refractivity contribution in [3.63, 3.8) is 0 Å². The van der Waals surface area contributed by atoms with Gasteiger partial charge < -0.3 is 10.1 Å². The van der Waals surface area contributed by atoms with E-state index in [9.17, 15) is 22.8 Å². The van der Waals surface area contributed by atoms with E-state index in [1.807, 2.05) is 30.3 Å². The Morgan fingerprint density at radius 3 is 2.36 bits per heavy atom. The number of rotatable bonds is 6. The molecule has 8 nitrogen and oxygen atoms in total. The van der Waals surface area contributed by atoms with Crippen molar-refractivity contribution in [1.29, 1.82) is 0 Å². The van der Waals surface area contributed by atoms with Crippen molar-refractivity contribution < 1.29 is 27.5 Å². The summed E-state index contributed by atoms with van der Waals surface area (Å²) in [6.07, 6.45) is 0.878. The zero-order valence-electron chi connectivity index (χ0n) is 18.4. The fraction of sp³-hybridized carbons (Fsp3) is 0.375. The standard InChI is InChI=1S/C24H26N2O6S/c1-15-22-20(24(29)32-14-17-6-4-3-5-7-17)12-13-21(22)26(23(15)28)33(30,31)19-10-8-18(9-11-19)25-16(2)27/h3-11,15,20-22H,12-14H2,1-2H3,(H,25,27)/t15-,20?,21-,22-/m0/s1. The minimum atomic E-state index is -4.11. The number of benzene rings is 2. The summed E-state index contributed by atoms with van der Waals surface area (Å²) >= 11 is 0. The molecule has 4 atom stereocenters. The average Bonchev–Trinajstić information content (AvgIpc) is 3.31. The van der Waals surface area contributed by atoms with Gasteiger partial charge in [0.05, 0.1) is 16.9 Å². The van der Waals surface area contributed by atoms with Crippen LogP contribution in [-0.4, -0.2) is 36.5 Å². The van der Waals surface area contributed by atoms with Crippen LogP contribution in [0.3, 0.4) is 0 Å². The summed E-state index contributed by atoms with van der Waals surface area (Å²) in [6.45, 7) is 3.17. The Morgan fingerprint density at radius 1 is 1.06 bits per heavy atom. The summed E-state index contributed by atoms with van der Waals surface area (Å²) in [5.74, 6) is -2.73. The summed E-state index contributed by atoms with van der Waals surface area (Å²) in [5.41, 5.74) is 1.32. The van der Waals surface area contributed by atoms with E-state index >= 15 is 0 Å². The van der Waals surface area contributed by atoms with Gasteiger partial charge >= 0.3 is 5.97 Å². The van der Waals surface area contributed by atoms with Crippen LogP contribution in [0.5, 0.6) is 0 Å². The SMILES string of the molecule is CC(=O)Nc1ccc(S(=O)(=O)N2C(=O)[C@@H](C)[C@H]3C(C(=O)OCc4ccccc4)CC[C@@H]32)cc1. The Bertz CT molecular complexity index is 1160. The van der Waals surface area contributed by atoms with Crippen LogP contribution in [0.4, 0.5) is 5.69 Å². The molecular formula is C24H26N2O6S. The fourth-order valence-electron chi connectivity index (χ4n) is 4.92. The van der Waals surface area contributed by atoms with Gasteiger partial charge in [0.2, 0.25) is 11.8 Å². The molecular weight excluding hydrogens is 444 g/mol. The number of hydrogen-bond acceptors (Lipinski definition) is 6. The molecule has 0 aromatic heterocycles. The molecule has 1 saturated heterocycles. The van der Waals surface area contributed by atoms with Crippen molar-refractivity contribution >= 4 is 33.5 Å². The largest absolute Gasteiger partial charge is 0.461 e. The van der Waals surface area contributed by atoms with E-state index in [-0.39, 0.29) is 17.4 Å². The molecule has 2 aromatic carbocycles. The van der Waals surface area contributed by atoms with E-state index in [0.717, 1.165) is 9.87 Å². The van der Waals surface area contributed by atoms with Crippen LogP contribution in [0.2, 0.25) is 0 Å². The predicted octanol–water partition coefficient (Wildman–Crippen LogP) is 2.95. The molecule has 1 N–H and O–H groups in total. The van der Waals surface area contributed by atoms with Gasteiger partial charge in [-0.3, -0.25) is 14.4 Å². The minimum absolute atomic E-state index is 0.0343. The molecule has 2 aliphatic rings. The number of fused-ring (bicyclic) bond motifs is 1. The van der Waals surface area contributed by atoms with E-state index in [2.05, 4.69) is 5.32 Å². The quantitative estimate of drug-likeness (QED) is 0.650. The first-order valence-electron chi connectivity index (χ1n) is 10.9. The Balaban J connectivity index is 1.52. The molecule has 2 fully saturated rings. The molecule has 2 amide bonds. The van der Waals surface area contributed by atoms with Crippen molar-refractivity contribution in [3.05, 3.63) is 60.2 Å². The van der Waals surface area contributed by atoms with Gasteiger partial charge in [0.1, 0.15) is 6.61 Å². The molecule has 1 heterocycles. The molecule has 0 bridgehead atoms. The fourth-order valence-corrected chi connectivity index (χ4v) is 6.63. The molecule has 1 saturated carbocycles. The molecule has 1 aliphatic carbocycles. The highest BCUT2D eigenvalue weighted by Crippen LogP contribution is 2.48. The molecule has 33 heavy (non-hydrogen) atoms. The maximum Gasteiger partial charge on any atom is 0.309 e. The van der Waals surface area contributed by atoms with Crippen LogP contribution in [-0.2, 0) is 35.8 Å². The highest BCUT2D eigenvalue weighted by Gasteiger charge is 2.58. The first-order valence-corrected chi connectivity index (χ1v) is 12.3. The van der Waals surface area contributed by atoms with Crippen molar-refractivity contribution in [1.82, 2.24) is 4.31 Å². The molecule has 2 aromatic rings. The van der Waals surface area contributed by atoms with E-state index in [1.165, 1.54) is 31.2 Å². The number of sulfonamides is 1. The number of nitrogens with one attached hydrogen (secondary N) is 1. The summed E-state index contributed by atoms with van der Waals surface area (Å²) < 4.78 is 33.2. The minimum Gasteiger partial charge on any atom is -0.461 e. The second kappa shape index (κ2) is 8.97. The second-order valence-corrected chi connectivity index (χ2v) is 10.4. The second-order valence-electron chi connectivity index (χ2n) is 8.56. The third-order valence-corrected chi connectivity index (χ3v) is 8.26. The first-order chi connectivity index (χ1) is 15.7. The lowest BCUT2D eigenvalue weighted by atomic mass is 9.86. The number of esters is 1. The van der Waals surface area contributed by atoms with Gasteiger partial charge in [0.15, 0.2) is 0 Å². The number of carbonyl (C=O) groups is 3. The smallest absolute Gasteiger partial charge is 0.309 e. The molecule has 0 radical (unpaired) electrons. The van der Waals surface area contributed by atoms with Crippen molar-refractivity contribution in [2.75, 3.05) is 5.32 Å². The Hall–Kier alpha value is -3.20. The summed E-state index contributed by atoms with van der Waals surface area (Å²) in [7, 11) is -4.11. The highest BCUT2D eigenvalue weighted by atomic mass is 32.2. The maximum absolute atomic E-state index is 13.4. The zero-order chi connectivity index (χ0) is 23.8. The number of ether oxygens (including phenoxy) is 1. The number of hydrogen-bond donors (Lipinski definition) is 1. The molecule has 4 rings (SSSR count). The normalized spacial score (nSPS) is 24.4.